The maximum absolute atomic E-state index is 4.21. The molecule has 4 nitrogen and oxygen atoms in total. The van der Waals surface area contributed by atoms with E-state index in [0.29, 0.717) is 0 Å². The summed E-state index contributed by atoms with van der Waals surface area (Å²) < 4.78 is 1.93. The van der Waals surface area contributed by atoms with Gasteiger partial charge in [0.1, 0.15) is 0 Å². The van der Waals surface area contributed by atoms with E-state index in [4.69, 9.17) is 0 Å². The van der Waals surface area contributed by atoms with Crippen LogP contribution >= 0.6 is 11.3 Å². The van der Waals surface area contributed by atoms with Gasteiger partial charge in [-0.1, -0.05) is 12.1 Å². The molecular formula is C14H20N4S. The molecule has 1 fully saturated rings. The molecule has 1 aliphatic carbocycles. The first kappa shape index (κ1) is 12.8. The highest BCUT2D eigenvalue weighted by atomic mass is 32.1. The lowest BCUT2D eigenvalue weighted by molar-refractivity contribution is 0.627. The van der Waals surface area contributed by atoms with Gasteiger partial charge < -0.3 is 5.32 Å². The van der Waals surface area contributed by atoms with Crippen molar-refractivity contribution in [2.24, 2.45) is 5.92 Å². The number of aryl methyl sites for hydroxylation is 1. The van der Waals surface area contributed by atoms with Crippen molar-refractivity contribution in [2.75, 3.05) is 6.54 Å². The highest BCUT2D eigenvalue weighted by Crippen LogP contribution is 2.27. The van der Waals surface area contributed by atoms with E-state index in [1.54, 1.807) is 0 Å². The standard InChI is InChI=1S/C14H20N4S/c1-2-13-5-6-14(19-13)10-18-9-12(16-17-18)8-15-7-11-3-4-11/h5-6,9,11,15H,2-4,7-8,10H2,1H3. The van der Waals surface area contributed by atoms with Crippen LogP contribution in [0, 0.1) is 5.92 Å². The van der Waals surface area contributed by atoms with Crippen LogP contribution in [0.15, 0.2) is 18.3 Å². The maximum atomic E-state index is 4.21. The summed E-state index contributed by atoms with van der Waals surface area (Å²) in [6, 6.07) is 4.39. The Morgan fingerprint density at radius 2 is 2.21 bits per heavy atom. The minimum Gasteiger partial charge on any atom is -0.311 e. The van der Waals surface area contributed by atoms with E-state index in [0.717, 1.165) is 37.7 Å². The van der Waals surface area contributed by atoms with Crippen molar-refractivity contribution in [1.29, 1.82) is 0 Å². The van der Waals surface area contributed by atoms with Crippen molar-refractivity contribution >= 4 is 11.3 Å². The first-order chi connectivity index (χ1) is 9.33. The Balaban J connectivity index is 1.51. The molecule has 0 aliphatic heterocycles. The summed E-state index contributed by atoms with van der Waals surface area (Å²) in [5, 5.41) is 11.8. The average molecular weight is 276 g/mol. The van der Waals surface area contributed by atoms with Gasteiger partial charge >= 0.3 is 0 Å². The summed E-state index contributed by atoms with van der Waals surface area (Å²) in [4.78, 5) is 2.78. The summed E-state index contributed by atoms with van der Waals surface area (Å²) in [5.74, 6) is 0.911. The van der Waals surface area contributed by atoms with Crippen molar-refractivity contribution in [1.82, 2.24) is 20.3 Å². The van der Waals surface area contributed by atoms with Crippen molar-refractivity contribution in [3.05, 3.63) is 33.8 Å². The molecule has 102 valence electrons. The van der Waals surface area contributed by atoms with E-state index < -0.39 is 0 Å². The number of nitrogens with one attached hydrogen (secondary N) is 1. The van der Waals surface area contributed by atoms with E-state index >= 15 is 0 Å². The van der Waals surface area contributed by atoms with Gasteiger partial charge in [-0.3, -0.25) is 0 Å². The van der Waals surface area contributed by atoms with Gasteiger partial charge in [0.2, 0.25) is 0 Å². The lowest BCUT2D eigenvalue weighted by atomic mass is 10.3. The van der Waals surface area contributed by atoms with Gasteiger partial charge in [0.25, 0.3) is 0 Å². The monoisotopic (exact) mass is 276 g/mol. The number of nitrogens with zero attached hydrogens (tertiary/aromatic N) is 3. The summed E-state index contributed by atoms with van der Waals surface area (Å²) in [7, 11) is 0. The number of rotatable bonds is 7. The highest BCUT2D eigenvalue weighted by molar-refractivity contribution is 7.11. The van der Waals surface area contributed by atoms with E-state index in [1.165, 1.54) is 22.6 Å². The molecule has 0 radical (unpaired) electrons. The van der Waals surface area contributed by atoms with Crippen molar-refractivity contribution < 1.29 is 0 Å². The molecule has 2 aromatic rings. The molecule has 19 heavy (non-hydrogen) atoms. The Hall–Kier alpha value is -1.20. The van der Waals surface area contributed by atoms with E-state index in [2.05, 4.69) is 34.7 Å². The molecule has 2 heterocycles. The van der Waals surface area contributed by atoms with Crippen molar-refractivity contribution in [3.63, 3.8) is 0 Å². The van der Waals surface area contributed by atoms with Gasteiger partial charge in [-0.05, 0) is 43.9 Å². The molecule has 0 saturated heterocycles. The Morgan fingerprint density at radius 3 is 2.95 bits per heavy atom. The van der Waals surface area contributed by atoms with E-state index in [-0.39, 0.29) is 0 Å². The molecule has 0 spiro atoms. The van der Waals surface area contributed by atoms with Crippen LogP contribution in [0.1, 0.15) is 35.2 Å². The van der Waals surface area contributed by atoms with Crippen LogP contribution < -0.4 is 5.32 Å². The summed E-state index contributed by atoms with van der Waals surface area (Å²) in [6.45, 7) is 4.98. The van der Waals surface area contributed by atoms with Gasteiger partial charge in [-0.2, -0.15) is 0 Å². The molecule has 0 atom stereocenters. The number of hydrogen-bond acceptors (Lipinski definition) is 4. The second-order valence-corrected chi connectivity index (χ2v) is 6.46. The van der Waals surface area contributed by atoms with Crippen LogP contribution in [0.5, 0.6) is 0 Å². The number of hydrogen-bond donors (Lipinski definition) is 1. The molecule has 0 amide bonds. The lowest BCUT2D eigenvalue weighted by Gasteiger charge is -1.99. The van der Waals surface area contributed by atoms with Gasteiger partial charge in [0.05, 0.1) is 18.4 Å². The first-order valence-corrected chi connectivity index (χ1v) is 7.82. The third kappa shape index (κ3) is 3.64. The molecule has 0 unspecified atom stereocenters. The van der Waals surface area contributed by atoms with Crippen molar-refractivity contribution in [2.45, 2.75) is 39.3 Å². The SMILES string of the molecule is CCc1ccc(Cn2cc(CNCC3CC3)nn2)s1. The molecule has 5 heteroatoms. The first-order valence-electron chi connectivity index (χ1n) is 7.01. The fraction of sp³-hybridized carbons (Fsp3) is 0.571. The second-order valence-electron chi connectivity index (χ2n) is 5.20. The summed E-state index contributed by atoms with van der Waals surface area (Å²) in [5.41, 5.74) is 1.04. The zero-order valence-electron chi connectivity index (χ0n) is 11.3. The number of aromatic nitrogens is 3. The number of thiophene rings is 1. The van der Waals surface area contributed by atoms with Gasteiger partial charge in [0, 0.05) is 16.3 Å². The quantitative estimate of drug-likeness (QED) is 0.844. The lowest BCUT2D eigenvalue weighted by Crippen LogP contribution is -2.16. The zero-order valence-corrected chi connectivity index (χ0v) is 12.1. The second kappa shape index (κ2) is 5.84. The largest absolute Gasteiger partial charge is 0.311 e. The Labute approximate surface area is 117 Å². The smallest absolute Gasteiger partial charge is 0.0964 e. The Bertz CT molecular complexity index is 527. The summed E-state index contributed by atoms with van der Waals surface area (Å²) in [6.07, 6.45) is 5.93. The van der Waals surface area contributed by atoms with Gasteiger partial charge in [-0.15, -0.1) is 16.4 Å². The van der Waals surface area contributed by atoms with Gasteiger partial charge in [0.15, 0.2) is 0 Å². The minimum atomic E-state index is 0.834. The van der Waals surface area contributed by atoms with Crippen LogP contribution in [-0.2, 0) is 19.5 Å². The van der Waals surface area contributed by atoms with Gasteiger partial charge in [-0.25, -0.2) is 4.68 Å². The fourth-order valence-corrected chi connectivity index (χ4v) is 3.03. The zero-order chi connectivity index (χ0) is 13.1. The Kier molecular flexibility index (Phi) is 3.94. The molecule has 1 aliphatic rings. The maximum Gasteiger partial charge on any atom is 0.0964 e. The molecule has 0 bridgehead atoms. The van der Waals surface area contributed by atoms with Crippen LogP contribution in [-0.4, -0.2) is 21.5 Å². The molecule has 0 aromatic carbocycles. The third-order valence-electron chi connectivity index (χ3n) is 3.41. The van der Waals surface area contributed by atoms with Crippen LogP contribution in [0.3, 0.4) is 0 Å². The predicted molar refractivity (Wildman–Crippen MR) is 77.3 cm³/mol. The normalized spacial score (nSPS) is 15.0. The fourth-order valence-electron chi connectivity index (χ4n) is 2.08. The third-order valence-corrected chi connectivity index (χ3v) is 4.62. The van der Waals surface area contributed by atoms with E-state index in [9.17, 15) is 0 Å². The molecule has 3 rings (SSSR count). The molecular weight excluding hydrogens is 256 g/mol. The van der Waals surface area contributed by atoms with Crippen molar-refractivity contribution in [3.8, 4) is 0 Å². The average Bonchev–Trinajstić information content (AvgIpc) is 2.96. The van der Waals surface area contributed by atoms with Crippen LogP contribution in [0.2, 0.25) is 0 Å². The topological polar surface area (TPSA) is 42.7 Å². The van der Waals surface area contributed by atoms with E-state index in [1.807, 2.05) is 22.2 Å². The molecule has 2 aromatic heterocycles. The van der Waals surface area contributed by atoms with Crippen LogP contribution in [0.25, 0.3) is 0 Å². The minimum absolute atomic E-state index is 0.834. The van der Waals surface area contributed by atoms with Crippen LogP contribution in [0.4, 0.5) is 0 Å². The molecule has 1 N–H and O–H groups in total. The summed E-state index contributed by atoms with van der Waals surface area (Å²) >= 11 is 1.86. The predicted octanol–water partition coefficient (Wildman–Crippen LogP) is 2.45. The molecule has 1 saturated carbocycles. The Morgan fingerprint density at radius 1 is 1.37 bits per heavy atom. The highest BCUT2D eigenvalue weighted by Gasteiger charge is 2.20.